The lowest BCUT2D eigenvalue weighted by atomic mass is 10.2. The molecular weight excluding hydrogens is 264 g/mol. The summed E-state index contributed by atoms with van der Waals surface area (Å²) in [5, 5.41) is 0. The summed E-state index contributed by atoms with van der Waals surface area (Å²) in [5.41, 5.74) is 4.60. The van der Waals surface area contributed by atoms with Gasteiger partial charge in [0, 0.05) is 18.8 Å². The Morgan fingerprint density at radius 1 is 1.42 bits per heavy atom. The first-order valence-electron chi connectivity index (χ1n) is 6.03. The first kappa shape index (κ1) is 14.0. The summed E-state index contributed by atoms with van der Waals surface area (Å²) < 4.78 is 24.3. The second-order valence-corrected chi connectivity index (χ2v) is 6.93. The van der Waals surface area contributed by atoms with E-state index in [0.29, 0.717) is 13.0 Å². The van der Waals surface area contributed by atoms with Crippen molar-refractivity contribution in [1.29, 1.82) is 0 Å². The number of hydrogen-bond acceptors (Lipinski definition) is 5. The Morgan fingerprint density at radius 3 is 2.84 bits per heavy atom. The molecule has 0 saturated carbocycles. The maximum atomic E-state index is 11.2. The Balaban J connectivity index is 2.10. The van der Waals surface area contributed by atoms with Crippen LogP contribution in [0.3, 0.4) is 0 Å². The first-order chi connectivity index (χ1) is 8.99. The van der Waals surface area contributed by atoms with Crippen LogP contribution in [-0.4, -0.2) is 36.0 Å². The standard InChI is InChI=1S/C12H18N4O2S/c1-19(17,18)7-6-10(15-13)8-16-9-14-11-4-2-3-5-12(11)16/h2-5,9-10,15H,6-8,13H2,1H3. The van der Waals surface area contributed by atoms with Crippen LogP contribution < -0.4 is 11.3 Å². The molecule has 1 unspecified atom stereocenters. The van der Waals surface area contributed by atoms with Crippen molar-refractivity contribution >= 4 is 20.9 Å². The fourth-order valence-corrected chi connectivity index (χ4v) is 2.69. The van der Waals surface area contributed by atoms with Gasteiger partial charge >= 0.3 is 0 Å². The van der Waals surface area contributed by atoms with Crippen molar-refractivity contribution in [3.63, 3.8) is 0 Å². The summed E-state index contributed by atoms with van der Waals surface area (Å²) in [6, 6.07) is 7.69. The number of fused-ring (bicyclic) bond motifs is 1. The molecule has 104 valence electrons. The number of sulfone groups is 1. The smallest absolute Gasteiger partial charge is 0.147 e. The summed E-state index contributed by atoms with van der Waals surface area (Å²) in [7, 11) is -2.97. The van der Waals surface area contributed by atoms with E-state index in [-0.39, 0.29) is 11.8 Å². The Labute approximate surface area is 112 Å². The summed E-state index contributed by atoms with van der Waals surface area (Å²) in [4.78, 5) is 4.29. The summed E-state index contributed by atoms with van der Waals surface area (Å²) in [6.07, 6.45) is 3.45. The molecule has 0 aliphatic heterocycles. The van der Waals surface area contributed by atoms with Gasteiger partial charge in [-0.25, -0.2) is 13.4 Å². The lowest BCUT2D eigenvalue weighted by Gasteiger charge is -2.16. The number of hydrogen-bond donors (Lipinski definition) is 2. The van der Waals surface area contributed by atoms with Gasteiger partial charge in [0.2, 0.25) is 0 Å². The number of hydrazine groups is 1. The summed E-state index contributed by atoms with van der Waals surface area (Å²) >= 11 is 0. The number of aromatic nitrogens is 2. The highest BCUT2D eigenvalue weighted by atomic mass is 32.2. The molecule has 0 saturated heterocycles. The zero-order chi connectivity index (χ0) is 13.9. The Bertz CT molecular complexity index is 651. The molecule has 1 atom stereocenters. The highest BCUT2D eigenvalue weighted by Gasteiger charge is 2.13. The fraction of sp³-hybridized carbons (Fsp3) is 0.417. The minimum absolute atomic E-state index is 0.104. The molecule has 19 heavy (non-hydrogen) atoms. The SMILES string of the molecule is CS(=O)(=O)CCC(Cn1cnc2ccccc21)NN. The zero-order valence-corrected chi connectivity index (χ0v) is 11.6. The maximum absolute atomic E-state index is 11.2. The highest BCUT2D eigenvalue weighted by Crippen LogP contribution is 2.12. The third-order valence-electron chi connectivity index (χ3n) is 3.02. The molecule has 0 fully saturated rings. The lowest BCUT2D eigenvalue weighted by molar-refractivity contribution is 0.450. The number of para-hydroxylation sites is 2. The molecule has 0 bridgehead atoms. The van der Waals surface area contributed by atoms with Gasteiger partial charge in [0.15, 0.2) is 0 Å². The van der Waals surface area contributed by atoms with E-state index in [2.05, 4.69) is 10.4 Å². The van der Waals surface area contributed by atoms with Crippen molar-refractivity contribution in [2.75, 3.05) is 12.0 Å². The summed E-state index contributed by atoms with van der Waals surface area (Å²) in [5.74, 6) is 5.60. The molecule has 0 spiro atoms. The van der Waals surface area contributed by atoms with Gasteiger partial charge in [-0.2, -0.15) is 0 Å². The molecule has 1 aromatic carbocycles. The van der Waals surface area contributed by atoms with Crippen LogP contribution in [0.15, 0.2) is 30.6 Å². The van der Waals surface area contributed by atoms with Crippen molar-refractivity contribution < 1.29 is 8.42 Å². The minimum Gasteiger partial charge on any atom is -0.329 e. The van der Waals surface area contributed by atoms with Gasteiger partial charge in [0.1, 0.15) is 9.84 Å². The molecule has 0 aliphatic carbocycles. The molecular formula is C12H18N4O2S. The third-order valence-corrected chi connectivity index (χ3v) is 3.99. The normalized spacial score (nSPS) is 13.8. The summed E-state index contributed by atoms with van der Waals surface area (Å²) in [6.45, 7) is 0.590. The van der Waals surface area contributed by atoms with Gasteiger partial charge < -0.3 is 4.57 Å². The molecule has 0 amide bonds. The van der Waals surface area contributed by atoms with Crippen molar-refractivity contribution in [1.82, 2.24) is 15.0 Å². The van der Waals surface area contributed by atoms with Crippen LogP contribution in [0.4, 0.5) is 0 Å². The molecule has 3 N–H and O–H groups in total. The average molecular weight is 282 g/mol. The quantitative estimate of drug-likeness (QED) is 0.587. The maximum Gasteiger partial charge on any atom is 0.147 e. The minimum atomic E-state index is -2.97. The molecule has 0 radical (unpaired) electrons. The number of nitrogens with zero attached hydrogens (tertiary/aromatic N) is 2. The Hall–Kier alpha value is -1.44. The monoisotopic (exact) mass is 282 g/mol. The van der Waals surface area contributed by atoms with E-state index in [4.69, 9.17) is 5.84 Å². The van der Waals surface area contributed by atoms with Crippen LogP contribution in [0.1, 0.15) is 6.42 Å². The van der Waals surface area contributed by atoms with E-state index in [1.807, 2.05) is 28.8 Å². The Morgan fingerprint density at radius 2 is 2.16 bits per heavy atom. The van der Waals surface area contributed by atoms with E-state index in [1.165, 1.54) is 6.26 Å². The Kier molecular flexibility index (Phi) is 4.18. The largest absolute Gasteiger partial charge is 0.329 e. The van der Waals surface area contributed by atoms with Crippen LogP contribution in [0.25, 0.3) is 11.0 Å². The van der Waals surface area contributed by atoms with Crippen molar-refractivity contribution in [2.45, 2.75) is 19.0 Å². The van der Waals surface area contributed by atoms with Gasteiger partial charge in [-0.15, -0.1) is 0 Å². The molecule has 7 heteroatoms. The molecule has 1 aromatic heterocycles. The van der Waals surface area contributed by atoms with E-state index in [1.54, 1.807) is 6.33 Å². The number of rotatable bonds is 6. The van der Waals surface area contributed by atoms with Gasteiger partial charge in [-0.3, -0.25) is 11.3 Å². The number of benzene rings is 1. The molecule has 2 rings (SSSR count). The zero-order valence-electron chi connectivity index (χ0n) is 10.8. The molecule has 0 aliphatic rings. The lowest BCUT2D eigenvalue weighted by Crippen LogP contribution is -2.39. The second-order valence-electron chi connectivity index (χ2n) is 4.67. The van der Waals surface area contributed by atoms with Crippen LogP contribution in [0.2, 0.25) is 0 Å². The van der Waals surface area contributed by atoms with Crippen LogP contribution in [-0.2, 0) is 16.4 Å². The first-order valence-corrected chi connectivity index (χ1v) is 8.09. The molecule has 2 aromatic rings. The van der Waals surface area contributed by atoms with Crippen LogP contribution in [0.5, 0.6) is 0 Å². The number of imidazole rings is 1. The van der Waals surface area contributed by atoms with Gasteiger partial charge in [-0.05, 0) is 18.6 Å². The third kappa shape index (κ3) is 3.76. The van der Waals surface area contributed by atoms with Crippen molar-refractivity contribution in [3.05, 3.63) is 30.6 Å². The van der Waals surface area contributed by atoms with Crippen LogP contribution in [0, 0.1) is 0 Å². The van der Waals surface area contributed by atoms with Crippen molar-refractivity contribution in [2.24, 2.45) is 5.84 Å². The molecule has 6 nitrogen and oxygen atoms in total. The van der Waals surface area contributed by atoms with Gasteiger partial charge in [-0.1, -0.05) is 12.1 Å². The van der Waals surface area contributed by atoms with Crippen molar-refractivity contribution in [3.8, 4) is 0 Å². The predicted octanol–water partition coefficient (Wildman–Crippen LogP) is 0.303. The number of nitrogens with one attached hydrogen (secondary N) is 1. The van der Waals surface area contributed by atoms with E-state index in [0.717, 1.165) is 11.0 Å². The highest BCUT2D eigenvalue weighted by molar-refractivity contribution is 7.90. The van der Waals surface area contributed by atoms with E-state index >= 15 is 0 Å². The van der Waals surface area contributed by atoms with E-state index < -0.39 is 9.84 Å². The fourth-order valence-electron chi connectivity index (χ4n) is 1.98. The topological polar surface area (TPSA) is 90.0 Å². The number of nitrogens with two attached hydrogens (primary N) is 1. The van der Waals surface area contributed by atoms with Gasteiger partial charge in [0.25, 0.3) is 0 Å². The average Bonchev–Trinajstić information content (AvgIpc) is 2.77. The molecule has 1 heterocycles. The predicted molar refractivity (Wildman–Crippen MR) is 75.2 cm³/mol. The van der Waals surface area contributed by atoms with Crippen LogP contribution >= 0.6 is 0 Å². The van der Waals surface area contributed by atoms with Gasteiger partial charge in [0.05, 0.1) is 23.1 Å². The second kappa shape index (κ2) is 5.68. The van der Waals surface area contributed by atoms with E-state index in [9.17, 15) is 8.42 Å².